The summed E-state index contributed by atoms with van der Waals surface area (Å²) in [6, 6.07) is 6.94. The molecule has 0 aliphatic rings. The van der Waals surface area contributed by atoms with Gasteiger partial charge in [-0.2, -0.15) is 18.3 Å². The first-order valence-electron chi connectivity index (χ1n) is 5.85. The number of hydrogen-bond donors (Lipinski definition) is 1. The van der Waals surface area contributed by atoms with Gasteiger partial charge in [-0.15, -0.1) is 0 Å². The van der Waals surface area contributed by atoms with Crippen molar-refractivity contribution in [3.05, 3.63) is 47.8 Å². The Morgan fingerprint density at radius 3 is 2.37 bits per heavy atom. The van der Waals surface area contributed by atoms with Crippen molar-refractivity contribution in [1.82, 2.24) is 9.78 Å². The summed E-state index contributed by atoms with van der Waals surface area (Å²) < 4.78 is 38.9. The maximum Gasteiger partial charge on any atom is 0.416 e. The molecule has 0 spiro atoms. The molecule has 19 heavy (non-hydrogen) atoms. The topological polar surface area (TPSA) is 29.9 Å². The van der Waals surface area contributed by atoms with E-state index >= 15 is 0 Å². The summed E-state index contributed by atoms with van der Waals surface area (Å²) in [6.07, 6.45) is -1.81. The number of nitrogens with zero attached hydrogens (tertiary/aromatic N) is 2. The summed E-state index contributed by atoms with van der Waals surface area (Å²) >= 11 is 0. The van der Waals surface area contributed by atoms with Gasteiger partial charge in [0.05, 0.1) is 5.56 Å². The number of halogens is 3. The molecule has 6 heteroatoms. The second-order valence-corrected chi connectivity index (χ2v) is 4.20. The number of rotatable bonds is 4. The van der Waals surface area contributed by atoms with Gasteiger partial charge in [-0.05, 0) is 30.3 Å². The maximum absolute atomic E-state index is 12.4. The van der Waals surface area contributed by atoms with Gasteiger partial charge in [0, 0.05) is 37.6 Å². The molecule has 102 valence electrons. The molecule has 2 aromatic rings. The van der Waals surface area contributed by atoms with Crippen molar-refractivity contribution in [2.45, 2.75) is 12.6 Å². The molecule has 0 aliphatic carbocycles. The first-order chi connectivity index (χ1) is 8.97. The van der Waals surface area contributed by atoms with Crippen LogP contribution in [0.4, 0.5) is 18.9 Å². The lowest BCUT2D eigenvalue weighted by molar-refractivity contribution is -0.137. The van der Waals surface area contributed by atoms with Gasteiger partial charge in [0.1, 0.15) is 0 Å². The van der Waals surface area contributed by atoms with Gasteiger partial charge in [-0.1, -0.05) is 0 Å². The number of alkyl halides is 3. The summed E-state index contributed by atoms with van der Waals surface area (Å²) in [5, 5.41) is 7.13. The SMILES string of the molecule is Cn1nccc1CCNc1ccc(C(F)(F)F)cc1. The van der Waals surface area contributed by atoms with Crippen LogP contribution in [0.2, 0.25) is 0 Å². The highest BCUT2D eigenvalue weighted by atomic mass is 19.4. The first-order valence-corrected chi connectivity index (χ1v) is 5.85. The first kappa shape index (κ1) is 13.5. The average molecular weight is 269 g/mol. The van der Waals surface area contributed by atoms with E-state index in [4.69, 9.17) is 0 Å². The second-order valence-electron chi connectivity index (χ2n) is 4.20. The number of hydrogen-bond acceptors (Lipinski definition) is 2. The van der Waals surface area contributed by atoms with Crippen molar-refractivity contribution in [1.29, 1.82) is 0 Å². The third kappa shape index (κ3) is 3.49. The fourth-order valence-electron chi connectivity index (χ4n) is 1.76. The second kappa shape index (κ2) is 5.34. The van der Waals surface area contributed by atoms with Gasteiger partial charge < -0.3 is 5.32 Å². The molecule has 3 nitrogen and oxygen atoms in total. The van der Waals surface area contributed by atoms with Gasteiger partial charge in [-0.3, -0.25) is 4.68 Å². The Morgan fingerprint density at radius 1 is 1.16 bits per heavy atom. The molecule has 0 bridgehead atoms. The van der Waals surface area contributed by atoms with Crippen LogP contribution in [0.25, 0.3) is 0 Å². The van der Waals surface area contributed by atoms with Crippen LogP contribution in [-0.2, 0) is 19.6 Å². The van der Waals surface area contributed by atoms with E-state index < -0.39 is 11.7 Å². The molecule has 1 N–H and O–H groups in total. The number of nitrogens with one attached hydrogen (secondary N) is 1. The zero-order chi connectivity index (χ0) is 13.9. The minimum atomic E-state index is -4.28. The number of benzene rings is 1. The molecule has 0 fully saturated rings. The monoisotopic (exact) mass is 269 g/mol. The number of anilines is 1. The third-order valence-electron chi connectivity index (χ3n) is 2.84. The summed E-state index contributed by atoms with van der Waals surface area (Å²) in [5.74, 6) is 0. The highest BCUT2D eigenvalue weighted by Gasteiger charge is 2.29. The van der Waals surface area contributed by atoms with Crippen LogP contribution >= 0.6 is 0 Å². The van der Waals surface area contributed by atoms with Gasteiger partial charge in [0.15, 0.2) is 0 Å². The summed E-state index contributed by atoms with van der Waals surface area (Å²) in [7, 11) is 1.85. The maximum atomic E-state index is 12.4. The average Bonchev–Trinajstić information content (AvgIpc) is 2.75. The van der Waals surface area contributed by atoms with Crippen molar-refractivity contribution in [3.8, 4) is 0 Å². The van der Waals surface area contributed by atoms with Crippen molar-refractivity contribution in [3.63, 3.8) is 0 Å². The van der Waals surface area contributed by atoms with Crippen LogP contribution in [0.3, 0.4) is 0 Å². The molecule has 0 saturated carbocycles. The zero-order valence-electron chi connectivity index (χ0n) is 10.4. The van der Waals surface area contributed by atoms with Crippen molar-refractivity contribution in [2.24, 2.45) is 7.05 Å². The van der Waals surface area contributed by atoms with Crippen LogP contribution in [-0.4, -0.2) is 16.3 Å². The van der Waals surface area contributed by atoms with Gasteiger partial charge >= 0.3 is 6.18 Å². The van der Waals surface area contributed by atoms with E-state index in [1.165, 1.54) is 12.1 Å². The lowest BCUT2D eigenvalue weighted by Gasteiger charge is -2.09. The minimum Gasteiger partial charge on any atom is -0.385 e. The molecule has 1 aromatic heterocycles. The molecule has 1 aromatic carbocycles. The molecule has 0 amide bonds. The number of aryl methyl sites for hydroxylation is 1. The standard InChI is InChI=1S/C13H14F3N3/c1-19-12(7-9-18-19)6-8-17-11-4-2-10(3-5-11)13(14,15)16/h2-5,7,9,17H,6,8H2,1H3. The fourth-order valence-corrected chi connectivity index (χ4v) is 1.76. The van der Waals surface area contributed by atoms with E-state index in [1.807, 2.05) is 13.1 Å². The largest absolute Gasteiger partial charge is 0.416 e. The van der Waals surface area contributed by atoms with Crippen molar-refractivity contribution < 1.29 is 13.2 Å². The lowest BCUT2D eigenvalue weighted by Crippen LogP contribution is -2.09. The van der Waals surface area contributed by atoms with Crippen molar-refractivity contribution in [2.75, 3.05) is 11.9 Å². The fraction of sp³-hybridized carbons (Fsp3) is 0.308. The number of aromatic nitrogens is 2. The quantitative estimate of drug-likeness (QED) is 0.924. The zero-order valence-corrected chi connectivity index (χ0v) is 10.4. The lowest BCUT2D eigenvalue weighted by atomic mass is 10.2. The van der Waals surface area contributed by atoms with Crippen LogP contribution in [0, 0.1) is 0 Å². The molecule has 1 heterocycles. The highest BCUT2D eigenvalue weighted by molar-refractivity contribution is 5.45. The molecule has 0 unspecified atom stereocenters. The Labute approximate surface area is 109 Å². The Balaban J connectivity index is 1.89. The molecular weight excluding hydrogens is 255 g/mol. The van der Waals surface area contributed by atoms with Gasteiger partial charge in [0.2, 0.25) is 0 Å². The molecule has 0 aliphatic heterocycles. The minimum absolute atomic E-state index is 0.635. The Kier molecular flexibility index (Phi) is 3.78. The van der Waals surface area contributed by atoms with Crippen LogP contribution < -0.4 is 5.32 Å². The molecule has 0 radical (unpaired) electrons. The molecular formula is C13H14F3N3. The van der Waals surface area contributed by atoms with Crippen LogP contribution in [0.5, 0.6) is 0 Å². The van der Waals surface area contributed by atoms with Crippen LogP contribution in [0.1, 0.15) is 11.3 Å². The van der Waals surface area contributed by atoms with E-state index in [1.54, 1.807) is 10.9 Å². The van der Waals surface area contributed by atoms with Gasteiger partial charge in [-0.25, -0.2) is 0 Å². The van der Waals surface area contributed by atoms with E-state index in [2.05, 4.69) is 10.4 Å². The van der Waals surface area contributed by atoms with Crippen LogP contribution in [0.15, 0.2) is 36.5 Å². The molecule has 2 rings (SSSR count). The predicted molar refractivity (Wildman–Crippen MR) is 66.8 cm³/mol. The Morgan fingerprint density at radius 2 is 1.84 bits per heavy atom. The Hall–Kier alpha value is -1.98. The summed E-state index contributed by atoms with van der Waals surface area (Å²) in [6.45, 7) is 0.644. The van der Waals surface area contributed by atoms with Gasteiger partial charge in [0.25, 0.3) is 0 Å². The summed E-state index contributed by atoms with van der Waals surface area (Å²) in [4.78, 5) is 0. The summed E-state index contributed by atoms with van der Waals surface area (Å²) in [5.41, 5.74) is 1.11. The normalized spacial score (nSPS) is 11.6. The molecule has 0 atom stereocenters. The van der Waals surface area contributed by atoms with E-state index in [-0.39, 0.29) is 0 Å². The smallest absolute Gasteiger partial charge is 0.385 e. The van der Waals surface area contributed by atoms with E-state index in [9.17, 15) is 13.2 Å². The van der Waals surface area contributed by atoms with Crippen molar-refractivity contribution >= 4 is 5.69 Å². The van der Waals surface area contributed by atoms with E-state index in [0.717, 1.165) is 24.2 Å². The molecule has 0 saturated heterocycles. The predicted octanol–water partition coefficient (Wildman–Crippen LogP) is 3.09. The highest BCUT2D eigenvalue weighted by Crippen LogP contribution is 2.29. The Bertz CT molecular complexity index is 529. The van der Waals surface area contributed by atoms with E-state index in [0.29, 0.717) is 12.2 Å². The third-order valence-corrected chi connectivity index (χ3v) is 2.84.